The Kier molecular flexibility index (Phi) is 5.25. The minimum Gasteiger partial charge on any atom is -0.504 e. The summed E-state index contributed by atoms with van der Waals surface area (Å²) in [6, 6.07) is 8.50. The first-order valence-corrected chi connectivity index (χ1v) is 8.52. The second-order valence-electron chi connectivity index (χ2n) is 6.63. The zero-order valence-electron chi connectivity index (χ0n) is 14.8. The highest BCUT2D eigenvalue weighted by Gasteiger charge is 2.38. The highest BCUT2D eigenvalue weighted by Crippen LogP contribution is 2.47. The monoisotopic (exact) mass is 360 g/mol. The van der Waals surface area contributed by atoms with Crippen molar-refractivity contribution in [2.24, 2.45) is 11.8 Å². The van der Waals surface area contributed by atoms with Crippen LogP contribution in [0.2, 0.25) is 0 Å². The number of aliphatic hydroxyl groups excluding tert-OH is 2. The summed E-state index contributed by atoms with van der Waals surface area (Å²) >= 11 is 0. The van der Waals surface area contributed by atoms with Crippen LogP contribution in [0, 0.1) is 11.8 Å². The fourth-order valence-electron chi connectivity index (χ4n) is 3.96. The van der Waals surface area contributed by atoms with Gasteiger partial charge in [-0.15, -0.1) is 0 Å². The van der Waals surface area contributed by atoms with Crippen LogP contribution in [-0.4, -0.2) is 47.9 Å². The van der Waals surface area contributed by atoms with Gasteiger partial charge in [-0.2, -0.15) is 0 Å². The molecule has 3 rings (SSSR count). The molecular formula is C20H24O6. The Balaban J connectivity index is 2.19. The molecule has 0 amide bonds. The van der Waals surface area contributed by atoms with Gasteiger partial charge in [0.1, 0.15) is 0 Å². The fraction of sp³-hybridized carbons (Fsp3) is 0.400. The number of phenolic OH excluding ortho intramolecular Hbond substituents is 2. The number of aliphatic hydroxyl groups is 2. The van der Waals surface area contributed by atoms with Crippen molar-refractivity contribution in [3.05, 3.63) is 47.0 Å². The van der Waals surface area contributed by atoms with Crippen LogP contribution in [-0.2, 0) is 6.42 Å². The number of hydrogen-bond acceptors (Lipinski definition) is 6. The fourth-order valence-corrected chi connectivity index (χ4v) is 3.96. The van der Waals surface area contributed by atoms with Gasteiger partial charge in [-0.25, -0.2) is 0 Å². The van der Waals surface area contributed by atoms with Gasteiger partial charge >= 0.3 is 0 Å². The van der Waals surface area contributed by atoms with Crippen LogP contribution in [0.5, 0.6) is 23.0 Å². The second-order valence-corrected chi connectivity index (χ2v) is 6.63. The van der Waals surface area contributed by atoms with Gasteiger partial charge in [-0.05, 0) is 59.2 Å². The molecule has 0 aliphatic heterocycles. The molecule has 6 nitrogen and oxygen atoms in total. The maximum Gasteiger partial charge on any atom is 0.160 e. The smallest absolute Gasteiger partial charge is 0.160 e. The molecule has 0 bridgehead atoms. The highest BCUT2D eigenvalue weighted by molar-refractivity contribution is 5.53. The standard InChI is InChI=1S/C20H24O6/c1-25-18-6-11(3-4-16(18)23)20-14-8-17(24)19(26-2)7-12(14)5-13(9-21)15(20)10-22/h3-4,6-8,13,15,20-24H,5,9-10H2,1-2H3. The van der Waals surface area contributed by atoms with Gasteiger partial charge in [0.15, 0.2) is 23.0 Å². The number of aromatic hydroxyl groups is 2. The molecule has 0 heterocycles. The zero-order valence-corrected chi connectivity index (χ0v) is 14.8. The lowest BCUT2D eigenvalue weighted by atomic mass is 9.67. The van der Waals surface area contributed by atoms with Crippen molar-refractivity contribution in [3.63, 3.8) is 0 Å². The molecule has 2 aromatic carbocycles. The van der Waals surface area contributed by atoms with Crippen LogP contribution in [0.3, 0.4) is 0 Å². The van der Waals surface area contributed by atoms with Crippen molar-refractivity contribution in [1.82, 2.24) is 0 Å². The molecule has 26 heavy (non-hydrogen) atoms. The number of methoxy groups -OCH3 is 2. The third-order valence-electron chi connectivity index (χ3n) is 5.30. The lowest BCUT2D eigenvalue weighted by molar-refractivity contribution is 0.101. The molecule has 0 saturated heterocycles. The number of ether oxygens (including phenoxy) is 2. The zero-order chi connectivity index (χ0) is 18.8. The average Bonchev–Trinajstić information content (AvgIpc) is 2.66. The summed E-state index contributed by atoms with van der Waals surface area (Å²) in [5, 5.41) is 40.0. The lowest BCUT2D eigenvalue weighted by Crippen LogP contribution is -2.35. The molecule has 3 atom stereocenters. The molecule has 6 heteroatoms. The first-order valence-electron chi connectivity index (χ1n) is 8.52. The van der Waals surface area contributed by atoms with Crippen molar-refractivity contribution in [3.8, 4) is 23.0 Å². The molecule has 0 spiro atoms. The largest absolute Gasteiger partial charge is 0.504 e. The minimum atomic E-state index is -0.257. The Morgan fingerprint density at radius 2 is 1.62 bits per heavy atom. The van der Waals surface area contributed by atoms with Gasteiger partial charge in [0.05, 0.1) is 14.2 Å². The molecular weight excluding hydrogens is 336 g/mol. The van der Waals surface area contributed by atoms with Crippen LogP contribution >= 0.6 is 0 Å². The van der Waals surface area contributed by atoms with E-state index in [0.717, 1.165) is 16.7 Å². The van der Waals surface area contributed by atoms with Crippen LogP contribution in [0.15, 0.2) is 30.3 Å². The third kappa shape index (κ3) is 3.06. The van der Waals surface area contributed by atoms with E-state index in [2.05, 4.69) is 0 Å². The molecule has 4 N–H and O–H groups in total. The van der Waals surface area contributed by atoms with Crippen LogP contribution in [0.4, 0.5) is 0 Å². The molecule has 0 aromatic heterocycles. The molecule has 1 aliphatic carbocycles. The van der Waals surface area contributed by atoms with E-state index in [1.165, 1.54) is 14.2 Å². The minimum absolute atomic E-state index is 0.0288. The van der Waals surface area contributed by atoms with E-state index in [1.807, 2.05) is 0 Å². The van der Waals surface area contributed by atoms with Crippen LogP contribution in [0.25, 0.3) is 0 Å². The Hall–Kier alpha value is -2.44. The Morgan fingerprint density at radius 1 is 0.923 bits per heavy atom. The molecule has 0 saturated carbocycles. The van der Waals surface area contributed by atoms with Gasteiger partial charge in [0.25, 0.3) is 0 Å². The second kappa shape index (κ2) is 7.43. The van der Waals surface area contributed by atoms with Crippen molar-refractivity contribution >= 4 is 0 Å². The van der Waals surface area contributed by atoms with E-state index in [1.54, 1.807) is 30.3 Å². The number of rotatable bonds is 5. The van der Waals surface area contributed by atoms with Gasteiger partial charge < -0.3 is 29.9 Å². The van der Waals surface area contributed by atoms with Crippen LogP contribution < -0.4 is 9.47 Å². The SMILES string of the molecule is COc1cc(C2c3cc(O)c(OC)cc3CC(CO)C2CO)ccc1O. The number of phenols is 2. The maximum absolute atomic E-state index is 10.3. The third-order valence-corrected chi connectivity index (χ3v) is 5.30. The maximum atomic E-state index is 10.3. The molecule has 0 fully saturated rings. The molecule has 140 valence electrons. The van der Waals surface area contributed by atoms with Crippen molar-refractivity contribution < 1.29 is 29.9 Å². The van der Waals surface area contributed by atoms with E-state index < -0.39 is 0 Å². The number of fused-ring (bicyclic) bond motifs is 1. The van der Waals surface area contributed by atoms with E-state index in [9.17, 15) is 20.4 Å². The Labute approximate surface area is 152 Å². The molecule has 2 aromatic rings. The summed E-state index contributed by atoms with van der Waals surface area (Å²) in [6.07, 6.45) is 0.583. The quantitative estimate of drug-likeness (QED) is 0.651. The molecule has 3 unspecified atom stereocenters. The summed E-state index contributed by atoms with van der Waals surface area (Å²) in [7, 11) is 2.97. The van der Waals surface area contributed by atoms with Gasteiger partial charge in [-0.1, -0.05) is 6.07 Å². The average molecular weight is 360 g/mol. The van der Waals surface area contributed by atoms with Crippen LogP contribution in [0.1, 0.15) is 22.6 Å². The summed E-state index contributed by atoms with van der Waals surface area (Å²) < 4.78 is 10.4. The predicted molar refractivity (Wildman–Crippen MR) is 96.0 cm³/mol. The van der Waals surface area contributed by atoms with Gasteiger partial charge in [-0.3, -0.25) is 0 Å². The summed E-state index contributed by atoms with van der Waals surface area (Å²) in [6.45, 7) is -0.162. The predicted octanol–water partition coefficient (Wildman–Crippen LogP) is 2.02. The van der Waals surface area contributed by atoms with E-state index in [4.69, 9.17) is 9.47 Å². The topological polar surface area (TPSA) is 99.4 Å². The molecule has 1 aliphatic rings. The summed E-state index contributed by atoms with van der Waals surface area (Å²) in [4.78, 5) is 0. The summed E-state index contributed by atoms with van der Waals surface area (Å²) in [5.41, 5.74) is 2.67. The van der Waals surface area contributed by atoms with Gasteiger partial charge in [0.2, 0.25) is 0 Å². The van der Waals surface area contributed by atoms with E-state index >= 15 is 0 Å². The molecule has 0 radical (unpaired) electrons. The number of hydrogen-bond donors (Lipinski definition) is 4. The highest BCUT2D eigenvalue weighted by atomic mass is 16.5. The van der Waals surface area contributed by atoms with Gasteiger partial charge in [0, 0.05) is 19.1 Å². The first-order chi connectivity index (χ1) is 12.5. The van der Waals surface area contributed by atoms with Crippen molar-refractivity contribution in [2.75, 3.05) is 27.4 Å². The Bertz CT molecular complexity index is 788. The van der Waals surface area contributed by atoms with E-state index in [-0.39, 0.29) is 42.5 Å². The van der Waals surface area contributed by atoms with Crippen molar-refractivity contribution in [2.45, 2.75) is 12.3 Å². The number of benzene rings is 2. The van der Waals surface area contributed by atoms with Crippen molar-refractivity contribution in [1.29, 1.82) is 0 Å². The lowest BCUT2D eigenvalue weighted by Gasteiger charge is -2.38. The normalized spacial score (nSPS) is 21.9. The Morgan fingerprint density at radius 3 is 2.23 bits per heavy atom. The summed E-state index contributed by atoms with van der Waals surface area (Å²) in [5.74, 6) is 0.160. The van der Waals surface area contributed by atoms with E-state index in [0.29, 0.717) is 17.9 Å². The first kappa shape index (κ1) is 18.4.